The van der Waals surface area contributed by atoms with Crippen molar-refractivity contribution < 1.29 is 0 Å². The minimum atomic E-state index is 0.669. The number of benzene rings is 3. The summed E-state index contributed by atoms with van der Waals surface area (Å²) in [7, 11) is 0. The topological polar surface area (TPSA) is 15.3 Å². The van der Waals surface area contributed by atoms with Crippen molar-refractivity contribution in [1.29, 1.82) is 0 Å². The molecule has 2 nitrogen and oxygen atoms in total. The van der Waals surface area contributed by atoms with Gasteiger partial charge in [0.05, 0.1) is 0 Å². The van der Waals surface area contributed by atoms with Gasteiger partial charge < -0.3 is 10.2 Å². The summed E-state index contributed by atoms with van der Waals surface area (Å²) in [4.78, 5) is 2.37. The van der Waals surface area contributed by atoms with E-state index in [1.165, 1.54) is 46.2 Å². The van der Waals surface area contributed by atoms with Gasteiger partial charge >= 0.3 is 0 Å². The number of hydrogen-bond acceptors (Lipinski definition) is 2. The number of halogens is 2. The van der Waals surface area contributed by atoms with Crippen LogP contribution in [0.25, 0.3) is 11.1 Å². The fourth-order valence-corrected chi connectivity index (χ4v) is 6.33. The number of hydrogen-bond donors (Lipinski definition) is 1. The van der Waals surface area contributed by atoms with Crippen molar-refractivity contribution in [3.05, 3.63) is 129 Å². The minimum absolute atomic E-state index is 0.669. The number of fused-ring (bicyclic) bond motifs is 1. The largest absolute Gasteiger partial charge is 0.372 e. The summed E-state index contributed by atoms with van der Waals surface area (Å²) in [6, 6.07) is 23.8. The first-order chi connectivity index (χ1) is 19.1. The predicted molar refractivity (Wildman–Crippen MR) is 168 cm³/mol. The summed E-state index contributed by atoms with van der Waals surface area (Å²) in [6.45, 7) is 8.38. The normalized spacial score (nSPS) is 15.6. The fourth-order valence-electron chi connectivity index (χ4n) is 5.80. The van der Waals surface area contributed by atoms with Crippen molar-refractivity contribution >= 4 is 34.3 Å². The van der Waals surface area contributed by atoms with E-state index >= 15 is 0 Å². The molecule has 4 heteroatoms. The van der Waals surface area contributed by atoms with Gasteiger partial charge in [-0.2, -0.15) is 0 Å². The third-order valence-corrected chi connectivity index (χ3v) is 8.41. The molecular formula is C35H38Cl2N2. The van der Waals surface area contributed by atoms with Crippen LogP contribution in [0.5, 0.6) is 0 Å². The average Bonchev–Trinajstić information content (AvgIpc) is 3.42. The lowest BCUT2D eigenvalue weighted by atomic mass is 9.87. The maximum absolute atomic E-state index is 6.73. The van der Waals surface area contributed by atoms with Crippen LogP contribution in [0.4, 0.5) is 0 Å². The standard InChI is InChI=1S/C35H38Cl2N2/c1-26(39-23-4-5-24-39)9-7-21-38-22-8-10-27-15-17-29(18-16-27)35-31-13-3-2-11-28(31)12-6-14-33(35)32-20-19-30(36)25-34(32)37/h2-3,7,9,11,13,15-20,25,38H,1,4-6,8,10,12,14,21-24H2/b9-7+. The second-order valence-electron chi connectivity index (χ2n) is 10.6. The number of likely N-dealkylation sites (tertiary alicyclic amines) is 1. The van der Waals surface area contributed by atoms with Crippen LogP contribution in [0, 0.1) is 0 Å². The van der Waals surface area contributed by atoms with Gasteiger partial charge in [-0.15, -0.1) is 0 Å². The first-order valence-electron chi connectivity index (χ1n) is 14.3. The zero-order chi connectivity index (χ0) is 27.0. The lowest BCUT2D eigenvalue weighted by molar-refractivity contribution is 0.442. The molecule has 0 aromatic heterocycles. The molecule has 1 fully saturated rings. The average molecular weight is 558 g/mol. The summed E-state index contributed by atoms with van der Waals surface area (Å²) in [6.07, 6.45) is 12.2. The van der Waals surface area contributed by atoms with Gasteiger partial charge in [0.25, 0.3) is 0 Å². The monoisotopic (exact) mass is 556 g/mol. The van der Waals surface area contributed by atoms with Crippen LogP contribution in [-0.2, 0) is 12.8 Å². The van der Waals surface area contributed by atoms with Gasteiger partial charge in [0.15, 0.2) is 0 Å². The highest BCUT2D eigenvalue weighted by atomic mass is 35.5. The molecule has 0 atom stereocenters. The Hall–Kier alpha value is -2.78. The molecule has 39 heavy (non-hydrogen) atoms. The van der Waals surface area contributed by atoms with Crippen LogP contribution >= 0.6 is 23.2 Å². The van der Waals surface area contributed by atoms with Crippen molar-refractivity contribution in [3.63, 3.8) is 0 Å². The highest BCUT2D eigenvalue weighted by molar-refractivity contribution is 6.36. The molecule has 1 aliphatic carbocycles. The van der Waals surface area contributed by atoms with E-state index in [0.717, 1.165) is 69.5 Å². The van der Waals surface area contributed by atoms with Crippen LogP contribution in [0.15, 0.2) is 91.2 Å². The summed E-state index contributed by atoms with van der Waals surface area (Å²) in [5, 5.41) is 4.93. The van der Waals surface area contributed by atoms with E-state index in [4.69, 9.17) is 23.2 Å². The number of allylic oxidation sites excluding steroid dienone is 2. The molecular weight excluding hydrogens is 519 g/mol. The molecule has 202 valence electrons. The maximum Gasteiger partial charge on any atom is 0.0496 e. The van der Waals surface area contributed by atoms with E-state index in [9.17, 15) is 0 Å². The zero-order valence-electron chi connectivity index (χ0n) is 22.7. The maximum atomic E-state index is 6.73. The summed E-state index contributed by atoms with van der Waals surface area (Å²) < 4.78 is 0. The molecule has 1 heterocycles. The van der Waals surface area contributed by atoms with Gasteiger partial charge in [0, 0.05) is 35.4 Å². The Morgan fingerprint density at radius 2 is 1.69 bits per heavy atom. The Morgan fingerprint density at radius 1 is 0.897 bits per heavy atom. The Labute approximate surface area is 244 Å². The van der Waals surface area contributed by atoms with Crippen molar-refractivity contribution in [1.82, 2.24) is 10.2 Å². The van der Waals surface area contributed by atoms with E-state index in [1.807, 2.05) is 12.1 Å². The molecule has 1 N–H and O–H groups in total. The van der Waals surface area contributed by atoms with E-state index in [-0.39, 0.29) is 0 Å². The van der Waals surface area contributed by atoms with Gasteiger partial charge in [0.2, 0.25) is 0 Å². The lowest BCUT2D eigenvalue weighted by Crippen LogP contribution is -2.18. The SMILES string of the molecule is C=C(/C=C/CNCCCc1ccc(C2=C(c3ccc(Cl)cc3Cl)CCCc3ccccc32)cc1)N1CCCC1. The number of nitrogens with zero attached hydrogens (tertiary/aromatic N) is 1. The molecule has 0 saturated carbocycles. The first kappa shape index (κ1) is 27.8. The quantitative estimate of drug-likeness (QED) is 0.198. The zero-order valence-corrected chi connectivity index (χ0v) is 24.2. The first-order valence-corrected chi connectivity index (χ1v) is 15.0. The molecule has 0 amide bonds. The van der Waals surface area contributed by atoms with Gasteiger partial charge in [0.1, 0.15) is 0 Å². The molecule has 3 aromatic carbocycles. The third kappa shape index (κ3) is 7.06. The second-order valence-corrected chi connectivity index (χ2v) is 11.4. The van der Waals surface area contributed by atoms with Crippen molar-refractivity contribution in [2.75, 3.05) is 26.2 Å². The molecule has 1 aliphatic heterocycles. The van der Waals surface area contributed by atoms with Crippen LogP contribution in [-0.4, -0.2) is 31.1 Å². The number of aryl methyl sites for hydroxylation is 2. The molecule has 0 spiro atoms. The summed E-state index contributed by atoms with van der Waals surface area (Å²) in [5.41, 5.74) is 10.2. The molecule has 1 saturated heterocycles. The Bertz CT molecular complexity index is 1350. The predicted octanol–water partition coefficient (Wildman–Crippen LogP) is 8.98. The van der Waals surface area contributed by atoms with Crippen LogP contribution in [0.1, 0.15) is 59.9 Å². The van der Waals surface area contributed by atoms with Gasteiger partial charge in [-0.3, -0.25) is 0 Å². The highest BCUT2D eigenvalue weighted by Crippen LogP contribution is 2.42. The van der Waals surface area contributed by atoms with Crippen molar-refractivity contribution in [2.24, 2.45) is 0 Å². The van der Waals surface area contributed by atoms with Crippen molar-refractivity contribution in [2.45, 2.75) is 44.9 Å². The van der Waals surface area contributed by atoms with Crippen molar-refractivity contribution in [3.8, 4) is 0 Å². The molecule has 5 rings (SSSR count). The third-order valence-electron chi connectivity index (χ3n) is 7.86. The van der Waals surface area contributed by atoms with E-state index < -0.39 is 0 Å². The molecule has 0 bridgehead atoms. The van der Waals surface area contributed by atoms with Crippen LogP contribution in [0.2, 0.25) is 10.0 Å². The van der Waals surface area contributed by atoms with Crippen LogP contribution < -0.4 is 5.32 Å². The molecule has 2 aliphatic rings. The van der Waals surface area contributed by atoms with Crippen LogP contribution in [0.3, 0.4) is 0 Å². The minimum Gasteiger partial charge on any atom is -0.372 e. The molecule has 0 unspecified atom stereocenters. The smallest absolute Gasteiger partial charge is 0.0496 e. The number of nitrogens with one attached hydrogen (secondary N) is 1. The van der Waals surface area contributed by atoms with Gasteiger partial charge in [-0.25, -0.2) is 0 Å². The fraction of sp³-hybridized carbons (Fsp3) is 0.314. The van der Waals surface area contributed by atoms with E-state index in [1.54, 1.807) is 0 Å². The van der Waals surface area contributed by atoms with E-state index in [2.05, 4.69) is 83.5 Å². The Kier molecular flexibility index (Phi) is 9.63. The molecule has 3 aromatic rings. The number of rotatable bonds is 10. The lowest BCUT2D eigenvalue weighted by Gasteiger charge is -2.18. The van der Waals surface area contributed by atoms with Gasteiger partial charge in [-0.1, -0.05) is 90.5 Å². The summed E-state index contributed by atoms with van der Waals surface area (Å²) >= 11 is 13.0. The molecule has 0 radical (unpaired) electrons. The highest BCUT2D eigenvalue weighted by Gasteiger charge is 2.21. The second kappa shape index (κ2) is 13.5. The summed E-state index contributed by atoms with van der Waals surface area (Å²) in [5.74, 6) is 0. The van der Waals surface area contributed by atoms with E-state index in [0.29, 0.717) is 10.0 Å². The Morgan fingerprint density at radius 3 is 2.49 bits per heavy atom. The van der Waals surface area contributed by atoms with Gasteiger partial charge in [-0.05, 0) is 109 Å². The Balaban J connectivity index is 1.26.